The molecular formula is C15H28N4. The van der Waals surface area contributed by atoms with E-state index in [-0.39, 0.29) is 0 Å². The smallest absolute Gasteiger partial charge is 0.122 e. The first-order chi connectivity index (χ1) is 8.94. The molecule has 0 bridgehead atoms. The lowest BCUT2D eigenvalue weighted by atomic mass is 9.85. The molecule has 4 heteroatoms. The van der Waals surface area contributed by atoms with Gasteiger partial charge in [-0.05, 0) is 38.3 Å². The number of imidazole rings is 1. The Morgan fingerprint density at radius 1 is 1.53 bits per heavy atom. The van der Waals surface area contributed by atoms with Crippen LogP contribution in [0.5, 0.6) is 0 Å². The van der Waals surface area contributed by atoms with Crippen LogP contribution in [0.15, 0.2) is 12.4 Å². The lowest BCUT2D eigenvalue weighted by Crippen LogP contribution is -2.43. The Balaban J connectivity index is 1.92. The van der Waals surface area contributed by atoms with Crippen LogP contribution in [-0.2, 0) is 13.6 Å². The van der Waals surface area contributed by atoms with E-state index in [1.54, 1.807) is 0 Å². The van der Waals surface area contributed by atoms with Gasteiger partial charge in [0, 0.05) is 32.0 Å². The molecule has 0 amide bonds. The zero-order valence-electron chi connectivity index (χ0n) is 13.0. The SMILES string of the molecule is CNC1C(CN(C)Cc2nccn2C)CCC1(C)C. The Bertz CT molecular complexity index is 410. The number of aromatic nitrogens is 2. The van der Waals surface area contributed by atoms with Gasteiger partial charge in [0.1, 0.15) is 5.82 Å². The summed E-state index contributed by atoms with van der Waals surface area (Å²) in [6, 6.07) is 0.622. The summed E-state index contributed by atoms with van der Waals surface area (Å²) in [5.41, 5.74) is 0.420. The van der Waals surface area contributed by atoms with Crippen LogP contribution < -0.4 is 5.32 Å². The average Bonchev–Trinajstić information content (AvgIpc) is 2.84. The molecule has 0 saturated heterocycles. The Morgan fingerprint density at radius 3 is 2.84 bits per heavy atom. The molecule has 0 spiro atoms. The number of hydrogen-bond acceptors (Lipinski definition) is 3. The van der Waals surface area contributed by atoms with Crippen molar-refractivity contribution in [2.75, 3.05) is 20.6 Å². The summed E-state index contributed by atoms with van der Waals surface area (Å²) in [4.78, 5) is 6.81. The predicted molar refractivity (Wildman–Crippen MR) is 78.9 cm³/mol. The fraction of sp³-hybridized carbons (Fsp3) is 0.800. The topological polar surface area (TPSA) is 33.1 Å². The second-order valence-corrected chi connectivity index (χ2v) is 6.70. The molecule has 1 saturated carbocycles. The summed E-state index contributed by atoms with van der Waals surface area (Å²) < 4.78 is 2.10. The van der Waals surface area contributed by atoms with E-state index >= 15 is 0 Å². The molecule has 1 aliphatic carbocycles. The number of nitrogens with zero attached hydrogens (tertiary/aromatic N) is 3. The first kappa shape index (κ1) is 14.5. The zero-order chi connectivity index (χ0) is 14.0. The van der Waals surface area contributed by atoms with Crippen molar-refractivity contribution in [1.82, 2.24) is 19.8 Å². The van der Waals surface area contributed by atoms with Crippen molar-refractivity contribution in [2.45, 2.75) is 39.3 Å². The van der Waals surface area contributed by atoms with Gasteiger partial charge in [0.15, 0.2) is 0 Å². The van der Waals surface area contributed by atoms with E-state index in [4.69, 9.17) is 0 Å². The van der Waals surface area contributed by atoms with Crippen molar-refractivity contribution in [3.8, 4) is 0 Å². The highest BCUT2D eigenvalue weighted by molar-refractivity contribution is 4.97. The lowest BCUT2D eigenvalue weighted by molar-refractivity contribution is 0.204. The van der Waals surface area contributed by atoms with E-state index in [0.29, 0.717) is 11.5 Å². The van der Waals surface area contributed by atoms with Crippen LogP contribution in [0.25, 0.3) is 0 Å². The summed E-state index contributed by atoms with van der Waals surface area (Å²) in [7, 11) is 6.36. The van der Waals surface area contributed by atoms with Crippen molar-refractivity contribution in [1.29, 1.82) is 0 Å². The fourth-order valence-electron chi connectivity index (χ4n) is 3.60. The van der Waals surface area contributed by atoms with Crippen LogP contribution in [0, 0.1) is 11.3 Å². The molecule has 0 aliphatic heterocycles. The highest BCUT2D eigenvalue weighted by atomic mass is 15.2. The molecule has 1 heterocycles. The molecule has 2 unspecified atom stereocenters. The molecule has 1 fully saturated rings. The maximum absolute atomic E-state index is 4.40. The minimum absolute atomic E-state index is 0.420. The normalized spacial score (nSPS) is 26.2. The van der Waals surface area contributed by atoms with Crippen molar-refractivity contribution < 1.29 is 0 Å². The highest BCUT2D eigenvalue weighted by Crippen LogP contribution is 2.41. The Hall–Kier alpha value is -0.870. The number of hydrogen-bond donors (Lipinski definition) is 1. The van der Waals surface area contributed by atoms with E-state index in [9.17, 15) is 0 Å². The summed E-state index contributed by atoms with van der Waals surface area (Å²) in [5.74, 6) is 1.88. The van der Waals surface area contributed by atoms with Gasteiger partial charge in [-0.25, -0.2) is 4.98 Å². The fourth-order valence-corrected chi connectivity index (χ4v) is 3.60. The van der Waals surface area contributed by atoms with Crippen LogP contribution in [0.3, 0.4) is 0 Å². The van der Waals surface area contributed by atoms with Crippen LogP contribution in [0.2, 0.25) is 0 Å². The second kappa shape index (κ2) is 5.63. The average molecular weight is 264 g/mol. The van der Waals surface area contributed by atoms with Gasteiger partial charge in [0.2, 0.25) is 0 Å². The minimum Gasteiger partial charge on any atom is -0.337 e. The van der Waals surface area contributed by atoms with Gasteiger partial charge < -0.3 is 9.88 Å². The van der Waals surface area contributed by atoms with Crippen molar-refractivity contribution in [3.63, 3.8) is 0 Å². The molecule has 1 N–H and O–H groups in total. The van der Waals surface area contributed by atoms with E-state index in [2.05, 4.69) is 54.8 Å². The van der Waals surface area contributed by atoms with Crippen LogP contribution in [-0.4, -0.2) is 41.1 Å². The minimum atomic E-state index is 0.420. The van der Waals surface area contributed by atoms with Gasteiger partial charge in [0.05, 0.1) is 6.54 Å². The third-order valence-corrected chi connectivity index (χ3v) is 4.66. The Labute approximate surface area is 117 Å². The van der Waals surface area contributed by atoms with Crippen LogP contribution >= 0.6 is 0 Å². The summed E-state index contributed by atoms with van der Waals surface area (Å²) in [6.45, 7) is 6.83. The molecule has 108 valence electrons. The van der Waals surface area contributed by atoms with Gasteiger partial charge >= 0.3 is 0 Å². The third kappa shape index (κ3) is 3.18. The van der Waals surface area contributed by atoms with E-state index in [0.717, 1.165) is 24.8 Å². The Kier molecular flexibility index (Phi) is 4.31. The highest BCUT2D eigenvalue weighted by Gasteiger charge is 2.41. The molecule has 19 heavy (non-hydrogen) atoms. The van der Waals surface area contributed by atoms with Gasteiger partial charge in [-0.15, -0.1) is 0 Å². The molecule has 1 aromatic rings. The van der Waals surface area contributed by atoms with Crippen LogP contribution in [0.4, 0.5) is 0 Å². The van der Waals surface area contributed by atoms with E-state index in [1.807, 2.05) is 12.4 Å². The van der Waals surface area contributed by atoms with E-state index in [1.165, 1.54) is 12.8 Å². The zero-order valence-corrected chi connectivity index (χ0v) is 13.0. The van der Waals surface area contributed by atoms with Crippen molar-refractivity contribution >= 4 is 0 Å². The van der Waals surface area contributed by atoms with Crippen molar-refractivity contribution in [3.05, 3.63) is 18.2 Å². The third-order valence-electron chi connectivity index (χ3n) is 4.66. The number of rotatable bonds is 5. The predicted octanol–water partition coefficient (Wildman–Crippen LogP) is 1.88. The second-order valence-electron chi connectivity index (χ2n) is 6.70. The van der Waals surface area contributed by atoms with Gasteiger partial charge in [-0.3, -0.25) is 4.90 Å². The van der Waals surface area contributed by atoms with Gasteiger partial charge in [-0.1, -0.05) is 13.8 Å². The van der Waals surface area contributed by atoms with Crippen LogP contribution in [0.1, 0.15) is 32.5 Å². The molecule has 2 atom stereocenters. The molecule has 0 radical (unpaired) electrons. The molecule has 4 nitrogen and oxygen atoms in total. The first-order valence-electron chi connectivity index (χ1n) is 7.26. The monoisotopic (exact) mass is 264 g/mol. The maximum atomic E-state index is 4.40. The van der Waals surface area contributed by atoms with Gasteiger partial charge in [-0.2, -0.15) is 0 Å². The maximum Gasteiger partial charge on any atom is 0.122 e. The summed E-state index contributed by atoms with van der Waals surface area (Å²) >= 11 is 0. The molecular weight excluding hydrogens is 236 g/mol. The molecule has 1 aromatic heterocycles. The van der Waals surface area contributed by atoms with E-state index < -0.39 is 0 Å². The molecule has 2 rings (SSSR count). The number of aryl methyl sites for hydroxylation is 1. The first-order valence-corrected chi connectivity index (χ1v) is 7.26. The largest absolute Gasteiger partial charge is 0.337 e. The molecule has 0 aromatic carbocycles. The summed E-state index contributed by atoms with van der Waals surface area (Å²) in [6.07, 6.45) is 6.53. The quantitative estimate of drug-likeness (QED) is 0.881. The standard InChI is InChI=1S/C15H28N4/c1-15(2)7-6-12(14(15)16-3)10-18(4)11-13-17-8-9-19(13)5/h8-9,12,14,16H,6-7,10-11H2,1-5H3. The van der Waals surface area contributed by atoms with Crippen molar-refractivity contribution in [2.24, 2.45) is 18.4 Å². The number of nitrogens with one attached hydrogen (secondary N) is 1. The molecule has 1 aliphatic rings. The lowest BCUT2D eigenvalue weighted by Gasteiger charge is -2.32. The van der Waals surface area contributed by atoms with Gasteiger partial charge in [0.25, 0.3) is 0 Å². The summed E-state index contributed by atoms with van der Waals surface area (Å²) in [5, 5.41) is 3.53. The Morgan fingerprint density at radius 2 is 2.26 bits per heavy atom.